The number of aliphatic carboxylic acids is 1. The number of unbranched alkanes of at least 4 members (excludes halogenated alkanes) is 3. The number of nitrogens with one attached hydrogen (secondary N) is 2. The van der Waals surface area contributed by atoms with Crippen molar-refractivity contribution in [1.29, 1.82) is 0 Å². The number of esters is 2. The minimum Gasteiger partial charge on any atom is -0.663 e. The van der Waals surface area contributed by atoms with Crippen molar-refractivity contribution in [3.63, 3.8) is 0 Å². The van der Waals surface area contributed by atoms with Gasteiger partial charge in [0, 0.05) is 143 Å². The molecule has 0 heterocycles. The molecule has 26 heteroatoms. The number of rotatable bonds is 36. The second kappa shape index (κ2) is 57.6. The van der Waals surface area contributed by atoms with Crippen LogP contribution in [0.2, 0.25) is 0 Å². The molecule has 1 saturated carbocycles. The van der Waals surface area contributed by atoms with Gasteiger partial charge in [-0.3, -0.25) is 24.0 Å². The predicted octanol–water partition coefficient (Wildman–Crippen LogP) is 19.7. The fourth-order valence-corrected chi connectivity index (χ4v) is 13.9. The summed E-state index contributed by atoms with van der Waals surface area (Å²) in [5, 5.41) is 14.3. The number of ether oxygens (including phenoxy) is 7. The first kappa shape index (κ1) is 109. The predicted molar refractivity (Wildman–Crippen MR) is 495 cm³/mol. The van der Waals surface area contributed by atoms with Crippen LogP contribution in [-0.4, -0.2) is 145 Å². The molecule has 1 aliphatic carbocycles. The van der Waals surface area contributed by atoms with Crippen LogP contribution in [0, 0.1) is 44.9 Å². The van der Waals surface area contributed by atoms with Crippen LogP contribution in [0.5, 0.6) is 11.5 Å². The summed E-state index contributed by atoms with van der Waals surface area (Å²) >= 11 is 1.64. The molecule has 2 amide bonds. The summed E-state index contributed by atoms with van der Waals surface area (Å²) in [6.07, 6.45) is 10.3. The summed E-state index contributed by atoms with van der Waals surface area (Å²) in [5.41, 5.74) is 12.9. The second-order valence-electron chi connectivity index (χ2n) is 29.6. The van der Waals surface area contributed by atoms with Gasteiger partial charge in [-0.15, -0.1) is 0 Å². The van der Waals surface area contributed by atoms with E-state index in [-0.39, 0.29) is 89.7 Å². The van der Waals surface area contributed by atoms with E-state index in [4.69, 9.17) is 44.1 Å². The monoisotopic (exact) mass is 1830 g/mol. The van der Waals surface area contributed by atoms with Crippen LogP contribution < -0.4 is 24.6 Å². The molecule has 24 nitrogen and oxygen atoms in total. The number of amides is 2. The summed E-state index contributed by atoms with van der Waals surface area (Å²) in [4.78, 5) is 127. The molecule has 0 saturated heterocycles. The van der Waals surface area contributed by atoms with E-state index < -0.39 is 47.1 Å². The van der Waals surface area contributed by atoms with Crippen molar-refractivity contribution in [3.05, 3.63) is 318 Å². The molecule has 9 aromatic rings. The third-order valence-corrected chi connectivity index (χ3v) is 21.0. The van der Waals surface area contributed by atoms with Gasteiger partial charge in [0.05, 0.1) is 5.56 Å². The number of likely N-dealkylation sites (N-methyl/N-ethyl adjacent to an activating group) is 1. The van der Waals surface area contributed by atoms with E-state index in [9.17, 15) is 47.9 Å². The van der Waals surface area contributed by atoms with Crippen molar-refractivity contribution in [1.82, 2.24) is 5.32 Å². The number of carbonyl (C=O) groups is 10. The van der Waals surface area contributed by atoms with Crippen LogP contribution in [0.25, 0.3) is 11.8 Å². The number of oxime groups is 1. The molecular weight excluding hydrogens is 1710 g/mol. The van der Waals surface area contributed by atoms with Gasteiger partial charge >= 0.3 is 29.5 Å². The molecule has 10 rings (SSSR count). The Kier molecular flexibility index (Phi) is 49.5. The Morgan fingerprint density at radius 3 is 1.54 bits per heavy atom. The number of ketones is 3. The Labute approximate surface area is 777 Å². The second-order valence-corrected chi connectivity index (χ2v) is 30.8. The van der Waals surface area contributed by atoms with Crippen molar-refractivity contribution >= 4 is 94.4 Å². The molecule has 5 atom stereocenters. The Morgan fingerprint density at radius 2 is 1.09 bits per heavy atom. The number of aryl methyl sites for hydroxylation is 2. The first-order valence-corrected chi connectivity index (χ1v) is 41.7. The van der Waals surface area contributed by atoms with Gasteiger partial charge in [0.15, 0.2) is 5.78 Å². The SMILES string of the molecule is C=C(C)C(=O)OCCOC(=O)/C=C/c1ccc(OCOc2cc(C)cc(C)c2)cc1.CCC1C(C)CC(C)C1C.CCCCCC/C(=N/OC(=O)c1ccccc1)C(=O)c1ccc(Sc2ccccc2)cc1.CN(C)c1ccc(C(=O)c2ccc(N(C)C)cc2)cc1.CNC(=O)C(OC=O)(C([NH-])=O)C(=O)O.COC(OC)(C(=O)c1ccccc1)c1ccccc1.[CH3-].[Y]. The summed E-state index contributed by atoms with van der Waals surface area (Å²) < 4.78 is 35.7. The molecule has 127 heavy (non-hydrogen) atoms. The smallest absolute Gasteiger partial charge is 0.365 e. The number of hydrogen-bond donors (Lipinski definition) is 2. The number of methoxy groups -OCH3 is 2. The number of benzene rings is 9. The Bertz CT molecular complexity index is 4890. The number of carboxylic acids is 1. The van der Waals surface area contributed by atoms with E-state index in [0.717, 1.165) is 100 Å². The largest absolute Gasteiger partial charge is 0.663 e. The van der Waals surface area contributed by atoms with E-state index in [2.05, 4.69) is 57.2 Å². The maximum Gasteiger partial charge on any atom is 0.365 e. The first-order chi connectivity index (χ1) is 59.8. The maximum absolute atomic E-state index is 13.1. The van der Waals surface area contributed by atoms with E-state index >= 15 is 0 Å². The summed E-state index contributed by atoms with van der Waals surface area (Å²) in [6.45, 7) is 20.4. The zero-order chi connectivity index (χ0) is 92.0. The molecular formula is C101H119N5O19SY-2. The molecule has 5 unspecified atom stereocenters. The molecule has 1 radical (unpaired) electrons. The third-order valence-electron chi connectivity index (χ3n) is 20.0. The molecule has 0 bridgehead atoms. The van der Waals surface area contributed by atoms with Crippen LogP contribution in [0.3, 0.4) is 0 Å². The molecule has 0 aromatic heterocycles. The van der Waals surface area contributed by atoms with Gasteiger partial charge in [-0.25, -0.2) is 19.2 Å². The quantitative estimate of drug-likeness (QED) is 0.00299. The molecule has 1 fully saturated rings. The minimum absolute atomic E-state index is 0. The van der Waals surface area contributed by atoms with Crippen molar-refractivity contribution in [2.24, 2.45) is 28.8 Å². The number of anilines is 2. The molecule has 0 spiro atoms. The van der Waals surface area contributed by atoms with Crippen LogP contribution in [0.4, 0.5) is 11.4 Å². The normalized spacial score (nSPS) is 13.9. The van der Waals surface area contributed by atoms with E-state index in [0.29, 0.717) is 51.1 Å². The maximum atomic E-state index is 13.1. The van der Waals surface area contributed by atoms with Gasteiger partial charge in [-0.2, -0.15) is 0 Å². The summed E-state index contributed by atoms with van der Waals surface area (Å²) in [6, 6.07) is 72.9. The Hall–Kier alpha value is -12.0. The molecule has 1 aliphatic rings. The fraction of sp³-hybridized carbons (Fsp3) is 0.307. The summed E-state index contributed by atoms with van der Waals surface area (Å²) in [7, 11) is 11.9. The zero-order valence-electron chi connectivity index (χ0n) is 75.5. The van der Waals surface area contributed by atoms with Crippen LogP contribution in [0.1, 0.15) is 156 Å². The van der Waals surface area contributed by atoms with Crippen molar-refractivity contribution in [3.8, 4) is 11.5 Å². The van der Waals surface area contributed by atoms with Gasteiger partial charge in [0.2, 0.25) is 18.4 Å². The number of Topliss-reactive ketones (excluding diaryl/α,β-unsaturated/α-hetero) is 2. The number of hydrogen-bond acceptors (Lipinski definition) is 22. The van der Waals surface area contributed by atoms with Crippen LogP contribution in [-0.2, 0) is 95.8 Å². The Morgan fingerprint density at radius 1 is 0.606 bits per heavy atom. The van der Waals surface area contributed by atoms with Crippen molar-refractivity contribution in [2.75, 3.05) is 79.3 Å². The molecule has 9 aromatic carbocycles. The fourth-order valence-electron chi connectivity index (χ4n) is 13.0. The van der Waals surface area contributed by atoms with Crippen molar-refractivity contribution < 1.29 is 124 Å². The van der Waals surface area contributed by atoms with E-state index in [1.807, 2.05) is 227 Å². The van der Waals surface area contributed by atoms with E-state index in [1.165, 1.54) is 33.1 Å². The zero-order valence-corrected chi connectivity index (χ0v) is 79.1. The molecule has 673 valence electrons. The average Bonchev–Trinajstić information content (AvgIpc) is 1.55. The number of carboxylic acid groups (broad SMARTS) is 1. The van der Waals surface area contributed by atoms with E-state index in [1.54, 1.807) is 85.4 Å². The minimum atomic E-state index is -3.11. The molecule has 0 aliphatic heterocycles. The Balaban J connectivity index is 0.000000406. The van der Waals surface area contributed by atoms with Gasteiger partial charge in [-0.05, 0) is 208 Å². The summed E-state index contributed by atoms with van der Waals surface area (Å²) in [5.74, 6) is -3.28. The van der Waals surface area contributed by atoms with Gasteiger partial charge in [-0.1, -0.05) is 199 Å². The van der Waals surface area contributed by atoms with Crippen LogP contribution in [0.15, 0.2) is 270 Å². The number of nitrogens with zero attached hydrogens (tertiary/aromatic N) is 3. The van der Waals surface area contributed by atoms with Gasteiger partial charge in [0.25, 0.3) is 18.2 Å². The first-order valence-electron chi connectivity index (χ1n) is 40.8. The van der Waals surface area contributed by atoms with Gasteiger partial charge in [0.1, 0.15) is 36.3 Å². The molecule has 3 N–H and O–H groups in total. The van der Waals surface area contributed by atoms with Crippen molar-refractivity contribution in [2.45, 2.75) is 122 Å². The van der Waals surface area contributed by atoms with Crippen LogP contribution >= 0.6 is 11.8 Å². The van der Waals surface area contributed by atoms with Gasteiger partial charge < -0.3 is 76.2 Å². The third kappa shape index (κ3) is 35.4. The number of carbonyl (C=O) groups excluding carboxylic acids is 9. The topological polar surface area (TPSA) is 319 Å². The standard InChI is InChI=1S/C27H27NO3S.C24H26O6.C17H20N2O.C16H16O3.C10H20.C6H8N2O6.CH3.Y/c1-2-3-4-11-16-25(28-31-27(30)22-12-7-5-8-13-22)26(29)21-17-19-24(20-18-21)32-23-14-9-6-10-15-23;1-17(2)24(26)28-12-11-27-23(25)10-7-20-5-8-21(9-6-20)29-16-30-22-14-18(3)13-19(4)15-22;1-18(2)15-9-5-13(6-10-15)17(20)14-7-11-16(12-8-14)19(3)4;1-18-16(19-2,14-11-7-4-8-12-14)15(17)13-9-5-3-6-10-13;1-5-10-8(3)6-7(2)9(10)4;1-8-4(11)6(3(7)10,5(12)13)14-2-9;;/h5-10,12-15,17-20H,2-4,11,16H2,1H3;5-10,13-15H,1,11-12,16H2,2-4H3;5-12H,1-4H3;3-12H,1-2H3;7-10H,5-6H2,1-4H3;2H,1H3,(H4,7,8,10,11,12,13);1H3;/q;;;;;;-1;/p-1/b28-25-;10-7+;;;;;;. The average molecular weight is 1830 g/mol.